The molecule has 2 amide bonds. The third kappa shape index (κ3) is 4.31. The predicted octanol–water partition coefficient (Wildman–Crippen LogP) is 5.59. The van der Waals surface area contributed by atoms with E-state index in [4.69, 9.17) is 16.6 Å². The first-order chi connectivity index (χ1) is 16.1. The fourth-order valence-corrected chi connectivity index (χ4v) is 4.36. The molecule has 0 bridgehead atoms. The quantitative estimate of drug-likeness (QED) is 0.473. The molecule has 178 valence electrons. The number of aliphatic hydroxyl groups excluding tert-OH is 1. The Balaban J connectivity index is 1.92. The number of alkyl halides is 2. The lowest BCUT2D eigenvalue weighted by Gasteiger charge is -2.34. The molecule has 2 aromatic carbocycles. The number of nitrogens with zero attached hydrogens (tertiary/aromatic N) is 4. The van der Waals surface area contributed by atoms with Crippen LogP contribution in [0.3, 0.4) is 0 Å². The molecule has 0 spiro atoms. The lowest BCUT2D eigenvalue weighted by Crippen LogP contribution is -2.45. The number of rotatable bonds is 7. The van der Waals surface area contributed by atoms with Crippen LogP contribution in [-0.2, 0) is 12.5 Å². The van der Waals surface area contributed by atoms with Crippen molar-refractivity contribution in [2.45, 2.75) is 25.8 Å². The maximum absolute atomic E-state index is 14.2. The number of carbonyl (C=O) groups is 1. The zero-order chi connectivity index (χ0) is 24.6. The Hall–Kier alpha value is -3.23. The summed E-state index contributed by atoms with van der Waals surface area (Å²) in [7, 11) is 1.61. The number of hydrogen-bond donors (Lipinski definition) is 1. The molecular formula is C25H25ClF2N4O2. The maximum atomic E-state index is 14.2. The van der Waals surface area contributed by atoms with Crippen LogP contribution in [0.2, 0.25) is 5.02 Å². The number of halogens is 3. The Kier molecular flexibility index (Phi) is 6.47. The largest absolute Gasteiger partial charge is 0.396 e. The van der Waals surface area contributed by atoms with Gasteiger partial charge >= 0.3 is 6.03 Å². The maximum Gasteiger partial charge on any atom is 0.329 e. The van der Waals surface area contributed by atoms with Crippen LogP contribution in [0.5, 0.6) is 0 Å². The second-order valence-corrected chi connectivity index (χ2v) is 8.69. The summed E-state index contributed by atoms with van der Waals surface area (Å²) in [6, 6.07) is 13.7. The molecule has 1 aliphatic heterocycles. The highest BCUT2D eigenvalue weighted by Gasteiger charge is 2.37. The minimum absolute atomic E-state index is 0.0333. The third-order valence-corrected chi connectivity index (χ3v) is 6.13. The van der Waals surface area contributed by atoms with Crippen molar-refractivity contribution in [2.24, 2.45) is 0 Å². The van der Waals surface area contributed by atoms with Gasteiger partial charge in [-0.3, -0.25) is 9.80 Å². The highest BCUT2D eigenvalue weighted by atomic mass is 35.5. The molecule has 1 N–H and O–H groups in total. The van der Waals surface area contributed by atoms with Gasteiger partial charge in [0.2, 0.25) is 0 Å². The molecule has 0 radical (unpaired) electrons. The van der Waals surface area contributed by atoms with Crippen molar-refractivity contribution in [3.63, 3.8) is 0 Å². The molecule has 0 saturated heterocycles. The Morgan fingerprint density at radius 3 is 2.53 bits per heavy atom. The molecular weight excluding hydrogens is 462 g/mol. The molecule has 0 atom stereocenters. The summed E-state index contributed by atoms with van der Waals surface area (Å²) in [6.45, 7) is 5.55. The van der Waals surface area contributed by atoms with Gasteiger partial charge in [-0.1, -0.05) is 48.5 Å². The van der Waals surface area contributed by atoms with Gasteiger partial charge in [0.25, 0.3) is 5.92 Å². The number of urea groups is 1. The van der Waals surface area contributed by atoms with Crippen molar-refractivity contribution in [1.82, 2.24) is 14.5 Å². The van der Waals surface area contributed by atoms with Crippen molar-refractivity contribution in [2.75, 3.05) is 25.1 Å². The number of carbonyl (C=O) groups excluding carboxylic acids is 1. The summed E-state index contributed by atoms with van der Waals surface area (Å²) in [6.07, 6.45) is 0.389. The molecule has 1 aliphatic rings. The lowest BCUT2D eigenvalue weighted by molar-refractivity contribution is 0.0176. The van der Waals surface area contributed by atoms with Crippen molar-refractivity contribution in [3.8, 4) is 11.4 Å². The molecule has 3 aromatic rings. The van der Waals surface area contributed by atoms with E-state index in [1.165, 1.54) is 21.9 Å². The fraction of sp³-hybridized carbons (Fsp3) is 0.280. The number of benzene rings is 2. The first kappa shape index (κ1) is 23.9. The average Bonchev–Trinajstić information content (AvgIpc) is 3.17. The van der Waals surface area contributed by atoms with Gasteiger partial charge in [0.15, 0.2) is 5.82 Å². The molecule has 9 heteroatoms. The minimum atomic E-state index is -3.14. The molecule has 34 heavy (non-hydrogen) atoms. The number of imidazole rings is 1. The summed E-state index contributed by atoms with van der Waals surface area (Å²) in [5.41, 5.74) is 2.16. The van der Waals surface area contributed by atoms with Crippen molar-refractivity contribution >= 4 is 29.1 Å². The minimum Gasteiger partial charge on any atom is -0.396 e. The molecule has 0 aliphatic carbocycles. The van der Waals surface area contributed by atoms with Crippen LogP contribution in [0.25, 0.3) is 17.1 Å². The molecule has 0 saturated carbocycles. The van der Waals surface area contributed by atoms with E-state index in [1.807, 2.05) is 34.9 Å². The molecule has 6 nitrogen and oxygen atoms in total. The Morgan fingerprint density at radius 1 is 1.18 bits per heavy atom. The summed E-state index contributed by atoms with van der Waals surface area (Å²) in [5.74, 6) is -2.33. The van der Waals surface area contributed by atoms with E-state index in [1.54, 1.807) is 13.1 Å². The second kappa shape index (κ2) is 9.19. The highest BCUT2D eigenvalue weighted by Crippen LogP contribution is 2.40. The lowest BCUT2D eigenvalue weighted by atomic mass is 10.1. The predicted molar refractivity (Wildman–Crippen MR) is 129 cm³/mol. The van der Waals surface area contributed by atoms with Crippen molar-refractivity contribution in [3.05, 3.63) is 77.0 Å². The van der Waals surface area contributed by atoms with Gasteiger partial charge in [0.1, 0.15) is 11.5 Å². The van der Waals surface area contributed by atoms with Gasteiger partial charge in [0.05, 0.1) is 5.70 Å². The van der Waals surface area contributed by atoms with E-state index >= 15 is 0 Å². The number of aliphatic hydroxyl groups is 1. The molecule has 0 fully saturated rings. The first-order valence-corrected chi connectivity index (χ1v) is 11.2. The van der Waals surface area contributed by atoms with E-state index in [0.29, 0.717) is 41.6 Å². The van der Waals surface area contributed by atoms with Crippen LogP contribution in [0.15, 0.2) is 55.1 Å². The van der Waals surface area contributed by atoms with Crippen LogP contribution < -0.4 is 4.90 Å². The summed E-state index contributed by atoms with van der Waals surface area (Å²) in [4.78, 5) is 20.6. The van der Waals surface area contributed by atoms with Crippen LogP contribution >= 0.6 is 11.6 Å². The monoisotopic (exact) mass is 486 g/mol. The highest BCUT2D eigenvalue weighted by molar-refractivity contribution is 6.31. The molecule has 1 aromatic heterocycles. The standard InChI is InChI=1S/C25H25ClF2N4O2/c1-16-21-23(30(3)24(34)31(16)12-7-13-33)29-22(32(21)15-17-8-5-4-6-9-17)18-10-11-20(26)19(14-18)25(2,27)28/h4-6,8-11,14,33H,1,7,12-13,15H2,2-3H3. The van der Waals surface area contributed by atoms with Gasteiger partial charge in [-0.25, -0.2) is 18.6 Å². The molecule has 4 rings (SSSR count). The van der Waals surface area contributed by atoms with E-state index < -0.39 is 5.92 Å². The topological polar surface area (TPSA) is 61.6 Å². The summed E-state index contributed by atoms with van der Waals surface area (Å²) < 4.78 is 30.3. The first-order valence-electron chi connectivity index (χ1n) is 10.8. The number of aromatic nitrogens is 2. The van der Waals surface area contributed by atoms with Gasteiger partial charge in [0, 0.05) is 49.8 Å². The Morgan fingerprint density at radius 2 is 1.88 bits per heavy atom. The molecule has 2 heterocycles. The Labute approximate surface area is 201 Å². The van der Waals surface area contributed by atoms with Gasteiger partial charge in [-0.05, 0) is 30.2 Å². The SMILES string of the molecule is C=C1c2c(nc(-c3ccc(Cl)c(C(C)(F)F)c3)n2Cc2ccccc2)N(C)C(=O)N1CCCO. The third-order valence-electron chi connectivity index (χ3n) is 5.80. The Bertz CT molecular complexity index is 1240. The van der Waals surface area contributed by atoms with E-state index in [2.05, 4.69) is 6.58 Å². The summed E-state index contributed by atoms with van der Waals surface area (Å²) in [5, 5.41) is 9.24. The van der Waals surface area contributed by atoms with Crippen molar-refractivity contribution < 1.29 is 18.7 Å². The van der Waals surface area contributed by atoms with Crippen molar-refractivity contribution in [1.29, 1.82) is 0 Å². The van der Waals surface area contributed by atoms with Crippen LogP contribution in [-0.4, -0.2) is 45.8 Å². The normalized spacial score (nSPS) is 14.1. The van der Waals surface area contributed by atoms with Crippen LogP contribution in [0, 0.1) is 0 Å². The zero-order valence-electron chi connectivity index (χ0n) is 18.9. The van der Waals surface area contributed by atoms with Crippen LogP contribution in [0.1, 0.15) is 30.2 Å². The number of hydrogen-bond acceptors (Lipinski definition) is 3. The number of anilines is 1. The summed E-state index contributed by atoms with van der Waals surface area (Å²) >= 11 is 6.07. The van der Waals surface area contributed by atoms with E-state index in [9.17, 15) is 18.7 Å². The van der Waals surface area contributed by atoms with Gasteiger partial charge < -0.3 is 9.67 Å². The van der Waals surface area contributed by atoms with Gasteiger partial charge in [-0.2, -0.15) is 0 Å². The smallest absolute Gasteiger partial charge is 0.329 e. The van der Waals surface area contributed by atoms with E-state index in [-0.39, 0.29) is 29.8 Å². The zero-order valence-corrected chi connectivity index (χ0v) is 19.7. The van der Waals surface area contributed by atoms with E-state index in [0.717, 1.165) is 12.5 Å². The van der Waals surface area contributed by atoms with Gasteiger partial charge in [-0.15, -0.1) is 0 Å². The van der Waals surface area contributed by atoms with Crippen LogP contribution in [0.4, 0.5) is 19.4 Å². The average molecular weight is 487 g/mol. The fourth-order valence-electron chi connectivity index (χ4n) is 4.07. The molecule has 0 unspecified atom stereocenters. The number of amides is 2. The second-order valence-electron chi connectivity index (χ2n) is 8.28. The number of fused-ring (bicyclic) bond motifs is 1.